The lowest BCUT2D eigenvalue weighted by Gasteiger charge is -2.01. The van der Waals surface area contributed by atoms with Crippen LogP contribution in [0.15, 0.2) is 10.7 Å². The number of nitrogens with one attached hydrogen (secondary N) is 1. The summed E-state index contributed by atoms with van der Waals surface area (Å²) in [7, 11) is 0. The lowest BCUT2D eigenvalue weighted by atomic mass is 10.3. The Balaban J connectivity index is 2.18. The average molecular weight is 226 g/mol. The van der Waals surface area contributed by atoms with Gasteiger partial charge in [0, 0.05) is 19.9 Å². The maximum absolute atomic E-state index is 11.3. The molecule has 0 fully saturated rings. The second-order valence-electron chi connectivity index (χ2n) is 3.38. The number of hydrogen-bond donors (Lipinski definition) is 2. The van der Waals surface area contributed by atoms with E-state index in [1.807, 2.05) is 0 Å². The fourth-order valence-electron chi connectivity index (χ4n) is 1.18. The van der Waals surface area contributed by atoms with Gasteiger partial charge in [-0.05, 0) is 6.42 Å². The fourth-order valence-corrected chi connectivity index (χ4v) is 1.18. The van der Waals surface area contributed by atoms with Crippen LogP contribution in [0.4, 0.5) is 0 Å². The van der Waals surface area contributed by atoms with Crippen molar-refractivity contribution in [1.29, 1.82) is 0 Å². The van der Waals surface area contributed by atoms with E-state index in [4.69, 9.17) is 9.52 Å². The topological polar surface area (TPSA) is 92.4 Å². The van der Waals surface area contributed by atoms with Crippen LogP contribution in [0.1, 0.15) is 24.4 Å². The van der Waals surface area contributed by atoms with Gasteiger partial charge in [-0.3, -0.25) is 9.59 Å². The molecule has 0 saturated heterocycles. The molecule has 0 unspecified atom stereocenters. The lowest BCUT2D eigenvalue weighted by molar-refractivity contribution is -0.137. The Hall–Kier alpha value is -1.85. The zero-order valence-corrected chi connectivity index (χ0v) is 9.02. The quantitative estimate of drug-likeness (QED) is 0.689. The molecule has 2 N–H and O–H groups in total. The number of aryl methyl sites for hydroxylation is 1. The standard InChI is InChI=1S/C10H14N2O4/c1-7-12-8(6-16-7)5-9(13)11-4-2-3-10(14)15/h6H,2-5H2,1H3,(H,11,13)(H,14,15). The van der Waals surface area contributed by atoms with Crippen molar-refractivity contribution in [2.45, 2.75) is 26.2 Å². The SMILES string of the molecule is Cc1nc(CC(=O)NCCCC(=O)O)co1. The van der Waals surface area contributed by atoms with E-state index in [2.05, 4.69) is 10.3 Å². The third-order valence-corrected chi connectivity index (χ3v) is 1.90. The van der Waals surface area contributed by atoms with Gasteiger partial charge in [0.2, 0.25) is 5.91 Å². The van der Waals surface area contributed by atoms with Gasteiger partial charge < -0.3 is 14.8 Å². The molecule has 88 valence electrons. The molecule has 6 heteroatoms. The van der Waals surface area contributed by atoms with Crippen LogP contribution in [-0.2, 0) is 16.0 Å². The first-order valence-corrected chi connectivity index (χ1v) is 4.97. The second-order valence-corrected chi connectivity index (χ2v) is 3.38. The molecule has 0 saturated carbocycles. The van der Waals surface area contributed by atoms with E-state index in [1.54, 1.807) is 6.92 Å². The van der Waals surface area contributed by atoms with Crippen LogP contribution < -0.4 is 5.32 Å². The predicted molar refractivity (Wildman–Crippen MR) is 54.8 cm³/mol. The molecule has 0 bridgehead atoms. The molecule has 1 aromatic heterocycles. The van der Waals surface area contributed by atoms with E-state index < -0.39 is 5.97 Å². The molecular weight excluding hydrogens is 212 g/mol. The zero-order chi connectivity index (χ0) is 12.0. The summed E-state index contributed by atoms with van der Waals surface area (Å²) >= 11 is 0. The molecular formula is C10H14N2O4. The molecule has 0 aliphatic rings. The minimum atomic E-state index is -0.860. The summed E-state index contributed by atoms with van der Waals surface area (Å²) in [4.78, 5) is 25.5. The molecule has 0 aliphatic heterocycles. The van der Waals surface area contributed by atoms with E-state index in [-0.39, 0.29) is 18.7 Å². The first-order chi connectivity index (χ1) is 7.58. The number of aliphatic carboxylic acids is 1. The number of hydrogen-bond acceptors (Lipinski definition) is 4. The molecule has 0 radical (unpaired) electrons. The number of carbonyl (C=O) groups excluding carboxylic acids is 1. The number of carboxylic acid groups (broad SMARTS) is 1. The minimum Gasteiger partial charge on any atom is -0.481 e. The molecule has 0 atom stereocenters. The monoisotopic (exact) mass is 226 g/mol. The van der Waals surface area contributed by atoms with Crippen LogP contribution in [0.3, 0.4) is 0 Å². The van der Waals surface area contributed by atoms with E-state index in [9.17, 15) is 9.59 Å². The largest absolute Gasteiger partial charge is 0.481 e. The molecule has 1 aromatic rings. The second kappa shape index (κ2) is 5.89. The maximum Gasteiger partial charge on any atom is 0.303 e. The van der Waals surface area contributed by atoms with Crippen LogP contribution in [0.25, 0.3) is 0 Å². The zero-order valence-electron chi connectivity index (χ0n) is 9.02. The van der Waals surface area contributed by atoms with Crippen LogP contribution >= 0.6 is 0 Å². The van der Waals surface area contributed by atoms with Crippen LogP contribution in [0.2, 0.25) is 0 Å². The van der Waals surface area contributed by atoms with Gasteiger partial charge in [-0.1, -0.05) is 0 Å². The number of aromatic nitrogens is 1. The Morgan fingerprint density at radius 2 is 2.31 bits per heavy atom. The molecule has 6 nitrogen and oxygen atoms in total. The average Bonchev–Trinajstić information content (AvgIpc) is 2.58. The third kappa shape index (κ3) is 4.59. The predicted octanol–water partition coefficient (Wildman–Crippen LogP) is 0.507. The van der Waals surface area contributed by atoms with Gasteiger partial charge in [0.05, 0.1) is 12.1 Å². The summed E-state index contributed by atoms with van der Waals surface area (Å²) in [5.41, 5.74) is 0.577. The molecule has 1 heterocycles. The van der Waals surface area contributed by atoms with Crippen molar-refractivity contribution in [2.75, 3.05) is 6.54 Å². The fraction of sp³-hybridized carbons (Fsp3) is 0.500. The number of amides is 1. The van der Waals surface area contributed by atoms with Crippen molar-refractivity contribution in [3.05, 3.63) is 17.8 Å². The van der Waals surface area contributed by atoms with Gasteiger partial charge in [0.15, 0.2) is 5.89 Å². The van der Waals surface area contributed by atoms with E-state index in [1.165, 1.54) is 6.26 Å². The molecule has 0 aromatic carbocycles. The molecule has 16 heavy (non-hydrogen) atoms. The van der Waals surface area contributed by atoms with Crippen molar-refractivity contribution < 1.29 is 19.1 Å². The van der Waals surface area contributed by atoms with Crippen molar-refractivity contribution in [3.8, 4) is 0 Å². The van der Waals surface area contributed by atoms with Gasteiger partial charge in [-0.25, -0.2) is 4.98 Å². The maximum atomic E-state index is 11.3. The number of rotatable bonds is 6. The molecule has 0 spiro atoms. The summed E-state index contributed by atoms with van der Waals surface area (Å²) in [6.07, 6.45) is 2.08. The molecule has 1 rings (SSSR count). The summed E-state index contributed by atoms with van der Waals surface area (Å²) in [5.74, 6) is -0.520. The highest BCUT2D eigenvalue weighted by Gasteiger charge is 2.06. The van der Waals surface area contributed by atoms with E-state index in [0.717, 1.165) is 0 Å². The normalized spacial score (nSPS) is 10.1. The summed E-state index contributed by atoms with van der Waals surface area (Å²) in [6, 6.07) is 0. The van der Waals surface area contributed by atoms with Gasteiger partial charge in [-0.2, -0.15) is 0 Å². The molecule has 0 aliphatic carbocycles. The number of carbonyl (C=O) groups is 2. The third-order valence-electron chi connectivity index (χ3n) is 1.90. The first kappa shape index (κ1) is 12.2. The number of carboxylic acids is 1. The van der Waals surface area contributed by atoms with Crippen molar-refractivity contribution >= 4 is 11.9 Å². The lowest BCUT2D eigenvalue weighted by Crippen LogP contribution is -2.26. The summed E-state index contributed by atoms with van der Waals surface area (Å²) < 4.78 is 4.95. The highest BCUT2D eigenvalue weighted by molar-refractivity contribution is 5.78. The Morgan fingerprint density at radius 1 is 1.56 bits per heavy atom. The number of oxazole rings is 1. The smallest absolute Gasteiger partial charge is 0.303 e. The van der Waals surface area contributed by atoms with Gasteiger partial charge in [-0.15, -0.1) is 0 Å². The highest BCUT2D eigenvalue weighted by atomic mass is 16.4. The summed E-state index contributed by atoms with van der Waals surface area (Å²) in [5, 5.41) is 11.0. The van der Waals surface area contributed by atoms with E-state index in [0.29, 0.717) is 24.6 Å². The van der Waals surface area contributed by atoms with Crippen molar-refractivity contribution in [1.82, 2.24) is 10.3 Å². The van der Waals surface area contributed by atoms with E-state index >= 15 is 0 Å². The van der Waals surface area contributed by atoms with Gasteiger partial charge in [0.1, 0.15) is 6.26 Å². The van der Waals surface area contributed by atoms with Crippen molar-refractivity contribution in [2.24, 2.45) is 0 Å². The Labute approximate surface area is 92.7 Å². The summed E-state index contributed by atoms with van der Waals surface area (Å²) in [6.45, 7) is 2.07. The molecule has 1 amide bonds. The first-order valence-electron chi connectivity index (χ1n) is 4.97. The number of nitrogens with zero attached hydrogens (tertiary/aromatic N) is 1. The Morgan fingerprint density at radius 3 is 2.88 bits per heavy atom. The van der Waals surface area contributed by atoms with Crippen LogP contribution in [0, 0.1) is 6.92 Å². The highest BCUT2D eigenvalue weighted by Crippen LogP contribution is 2.00. The van der Waals surface area contributed by atoms with Crippen molar-refractivity contribution in [3.63, 3.8) is 0 Å². The Kier molecular flexibility index (Phi) is 4.50. The van der Waals surface area contributed by atoms with Crippen LogP contribution in [-0.4, -0.2) is 28.5 Å². The Bertz CT molecular complexity index is 373. The van der Waals surface area contributed by atoms with Crippen LogP contribution in [0.5, 0.6) is 0 Å². The van der Waals surface area contributed by atoms with Gasteiger partial charge >= 0.3 is 5.97 Å². The minimum absolute atomic E-state index is 0.0589. The van der Waals surface area contributed by atoms with Gasteiger partial charge in [0.25, 0.3) is 0 Å².